The van der Waals surface area contributed by atoms with E-state index in [1.54, 1.807) is 31.2 Å². The average Bonchev–Trinajstić information content (AvgIpc) is 2.86. The fourth-order valence-corrected chi connectivity index (χ4v) is 4.11. The summed E-state index contributed by atoms with van der Waals surface area (Å²) in [5.74, 6) is -0.811. The number of nitrogens with one attached hydrogen (secondary N) is 1. The Labute approximate surface area is 162 Å². The van der Waals surface area contributed by atoms with Crippen LogP contribution in [0.3, 0.4) is 0 Å². The van der Waals surface area contributed by atoms with Crippen LogP contribution in [-0.4, -0.2) is 27.7 Å². The van der Waals surface area contributed by atoms with E-state index in [2.05, 4.69) is 16.9 Å². The lowest BCUT2D eigenvalue weighted by Crippen LogP contribution is -2.50. The molecule has 1 aromatic carbocycles. The molecule has 3 N–H and O–H groups in total. The van der Waals surface area contributed by atoms with Crippen LogP contribution in [0.2, 0.25) is 0 Å². The van der Waals surface area contributed by atoms with E-state index in [-0.39, 0.29) is 22.9 Å². The quantitative estimate of drug-likeness (QED) is 0.838. The van der Waals surface area contributed by atoms with Crippen LogP contribution in [-0.2, 0) is 4.79 Å². The van der Waals surface area contributed by atoms with Crippen molar-refractivity contribution in [1.82, 2.24) is 15.2 Å². The molecule has 6 nitrogen and oxygen atoms in total. The number of allylic oxidation sites excluding steroid dienone is 1. The predicted octanol–water partition coefficient (Wildman–Crippen LogP) is 3.09. The lowest BCUT2D eigenvalue weighted by molar-refractivity contribution is -0.126. The molecule has 2 amide bonds. The number of fused-ring (bicyclic) bond motifs is 1. The Morgan fingerprint density at radius 2 is 2.00 bits per heavy atom. The number of hydrogen-bond acceptors (Lipinski definition) is 4. The number of amides is 2. The van der Waals surface area contributed by atoms with Crippen LogP contribution in [0.5, 0.6) is 0 Å². The first-order chi connectivity index (χ1) is 13.3. The fourth-order valence-electron chi connectivity index (χ4n) is 4.11. The van der Waals surface area contributed by atoms with Crippen LogP contribution in [0.15, 0.2) is 36.5 Å². The van der Waals surface area contributed by atoms with E-state index in [0.717, 1.165) is 5.56 Å². The van der Waals surface area contributed by atoms with Gasteiger partial charge in [0.05, 0.1) is 11.7 Å². The van der Waals surface area contributed by atoms with Crippen molar-refractivity contribution in [3.05, 3.63) is 59.0 Å². The number of halogens is 1. The van der Waals surface area contributed by atoms with E-state index in [0.29, 0.717) is 35.6 Å². The number of carbonyl (C=O) groups excluding carboxylic acids is 2. The molecule has 0 spiro atoms. The van der Waals surface area contributed by atoms with E-state index in [4.69, 9.17) is 5.73 Å². The molecule has 144 valence electrons. The van der Waals surface area contributed by atoms with E-state index in [1.165, 1.54) is 4.90 Å². The third kappa shape index (κ3) is 2.74. The van der Waals surface area contributed by atoms with Crippen molar-refractivity contribution in [2.45, 2.75) is 38.8 Å². The van der Waals surface area contributed by atoms with Gasteiger partial charge in [0.1, 0.15) is 17.7 Å². The van der Waals surface area contributed by atoms with Crippen molar-refractivity contribution in [2.75, 3.05) is 5.73 Å². The second-order valence-electron chi connectivity index (χ2n) is 7.38. The SMILES string of the molecule is C=C1CCC(N2C(=O)c3ccc(-c4cc(C)cc(N)n4)c(F)c3[C@H]2C)C(=O)N1. The average molecular weight is 380 g/mol. The van der Waals surface area contributed by atoms with Gasteiger partial charge in [0.15, 0.2) is 0 Å². The molecule has 28 heavy (non-hydrogen) atoms. The maximum Gasteiger partial charge on any atom is 0.255 e. The van der Waals surface area contributed by atoms with Crippen molar-refractivity contribution < 1.29 is 14.0 Å². The minimum absolute atomic E-state index is 0.280. The number of piperidine rings is 1. The van der Waals surface area contributed by atoms with Crippen molar-refractivity contribution in [3.63, 3.8) is 0 Å². The van der Waals surface area contributed by atoms with Gasteiger partial charge in [-0.2, -0.15) is 0 Å². The molecule has 1 saturated heterocycles. The second kappa shape index (κ2) is 6.44. The molecule has 0 saturated carbocycles. The van der Waals surface area contributed by atoms with Crippen LogP contribution in [0.4, 0.5) is 10.2 Å². The summed E-state index contributed by atoms with van der Waals surface area (Å²) in [7, 11) is 0. The number of aryl methyl sites for hydroxylation is 1. The highest BCUT2D eigenvalue weighted by atomic mass is 19.1. The predicted molar refractivity (Wildman–Crippen MR) is 104 cm³/mol. The minimum Gasteiger partial charge on any atom is -0.384 e. The van der Waals surface area contributed by atoms with Gasteiger partial charge in [0.2, 0.25) is 5.91 Å². The van der Waals surface area contributed by atoms with Gasteiger partial charge in [-0.25, -0.2) is 9.37 Å². The first-order valence-electron chi connectivity index (χ1n) is 9.16. The molecule has 1 aromatic heterocycles. The summed E-state index contributed by atoms with van der Waals surface area (Å²) in [5, 5.41) is 2.69. The number of aromatic nitrogens is 1. The number of carbonyl (C=O) groups is 2. The Hall–Kier alpha value is -3.22. The molecule has 1 unspecified atom stereocenters. The summed E-state index contributed by atoms with van der Waals surface area (Å²) in [6.45, 7) is 7.36. The molecule has 2 aliphatic heterocycles. The zero-order chi connectivity index (χ0) is 20.2. The highest BCUT2D eigenvalue weighted by molar-refractivity contribution is 6.02. The highest BCUT2D eigenvalue weighted by Gasteiger charge is 2.44. The van der Waals surface area contributed by atoms with E-state index in [1.807, 2.05) is 6.92 Å². The third-order valence-corrected chi connectivity index (χ3v) is 5.40. The number of nitrogens with two attached hydrogens (primary N) is 1. The number of benzene rings is 1. The summed E-state index contributed by atoms with van der Waals surface area (Å²) >= 11 is 0. The van der Waals surface area contributed by atoms with Gasteiger partial charge in [0.25, 0.3) is 5.91 Å². The lowest BCUT2D eigenvalue weighted by Gasteiger charge is -2.34. The van der Waals surface area contributed by atoms with Crippen molar-refractivity contribution in [1.29, 1.82) is 0 Å². The first kappa shape index (κ1) is 18.2. The molecule has 2 aromatic rings. The number of hydrogen-bond donors (Lipinski definition) is 2. The van der Waals surface area contributed by atoms with Gasteiger partial charge < -0.3 is 16.0 Å². The Morgan fingerprint density at radius 3 is 2.68 bits per heavy atom. The standard InChI is InChI=1S/C21H21FN4O2/c1-10-8-15(25-17(23)9-10)13-5-6-14-18(19(13)22)12(3)26(21(14)28)16-7-4-11(2)24-20(16)27/h5-6,8-9,12,16H,2,4,7H2,1,3H3,(H2,23,25)(H,24,27)/t12-,16?/m1/s1. The highest BCUT2D eigenvalue weighted by Crippen LogP contribution is 2.41. The molecule has 1 fully saturated rings. The number of rotatable bonds is 2. The largest absolute Gasteiger partial charge is 0.384 e. The van der Waals surface area contributed by atoms with Crippen LogP contribution in [0, 0.1) is 12.7 Å². The summed E-state index contributed by atoms with van der Waals surface area (Å²) in [6.07, 6.45) is 1.06. The van der Waals surface area contributed by atoms with E-state index >= 15 is 4.39 Å². The van der Waals surface area contributed by atoms with Gasteiger partial charge in [-0.3, -0.25) is 9.59 Å². The fraction of sp³-hybridized carbons (Fsp3) is 0.286. The third-order valence-electron chi connectivity index (χ3n) is 5.40. The molecule has 4 rings (SSSR count). The Bertz CT molecular complexity index is 1010. The molecule has 0 aliphatic carbocycles. The van der Waals surface area contributed by atoms with Crippen LogP contribution >= 0.6 is 0 Å². The lowest BCUT2D eigenvalue weighted by atomic mass is 9.98. The molecular formula is C21H21FN4O2. The smallest absolute Gasteiger partial charge is 0.255 e. The molecule has 3 heterocycles. The zero-order valence-corrected chi connectivity index (χ0v) is 15.8. The Kier molecular flexibility index (Phi) is 4.18. The Morgan fingerprint density at radius 1 is 1.29 bits per heavy atom. The van der Waals surface area contributed by atoms with Gasteiger partial charge >= 0.3 is 0 Å². The molecule has 7 heteroatoms. The maximum atomic E-state index is 15.5. The van der Waals surface area contributed by atoms with E-state index < -0.39 is 17.9 Å². The number of nitrogen functional groups attached to an aromatic ring is 1. The number of anilines is 1. The van der Waals surface area contributed by atoms with Gasteiger partial charge in [-0.15, -0.1) is 0 Å². The minimum atomic E-state index is -0.643. The normalized spacial score (nSPS) is 21.7. The first-order valence-corrected chi connectivity index (χ1v) is 9.16. The molecule has 2 atom stereocenters. The number of nitrogens with zero attached hydrogens (tertiary/aromatic N) is 2. The van der Waals surface area contributed by atoms with Gasteiger partial charge in [0, 0.05) is 22.4 Å². The van der Waals surface area contributed by atoms with Gasteiger partial charge in [-0.1, -0.05) is 6.58 Å². The Balaban J connectivity index is 1.77. The summed E-state index contributed by atoms with van der Waals surface area (Å²) in [4.78, 5) is 31.1. The zero-order valence-electron chi connectivity index (χ0n) is 15.8. The van der Waals surface area contributed by atoms with Crippen molar-refractivity contribution >= 4 is 17.6 Å². The summed E-state index contributed by atoms with van der Waals surface area (Å²) in [6, 6.07) is 5.40. The molecule has 0 bridgehead atoms. The summed E-state index contributed by atoms with van der Waals surface area (Å²) in [5.41, 5.74) is 8.59. The van der Waals surface area contributed by atoms with Gasteiger partial charge in [-0.05, 0) is 56.5 Å². The molecule has 0 radical (unpaired) electrons. The maximum absolute atomic E-state index is 15.5. The van der Waals surface area contributed by atoms with Crippen molar-refractivity contribution in [2.24, 2.45) is 0 Å². The van der Waals surface area contributed by atoms with Crippen LogP contribution < -0.4 is 11.1 Å². The monoisotopic (exact) mass is 380 g/mol. The van der Waals surface area contributed by atoms with Crippen LogP contribution in [0.25, 0.3) is 11.3 Å². The topological polar surface area (TPSA) is 88.3 Å². The van der Waals surface area contributed by atoms with Crippen LogP contribution in [0.1, 0.15) is 47.3 Å². The summed E-state index contributed by atoms with van der Waals surface area (Å²) < 4.78 is 15.5. The molecule has 2 aliphatic rings. The molecular weight excluding hydrogens is 359 g/mol. The number of pyridine rings is 1. The van der Waals surface area contributed by atoms with E-state index in [9.17, 15) is 9.59 Å². The second-order valence-corrected chi connectivity index (χ2v) is 7.38. The van der Waals surface area contributed by atoms with Crippen molar-refractivity contribution in [3.8, 4) is 11.3 Å².